The fourth-order valence-electron chi connectivity index (χ4n) is 2.79. The van der Waals surface area contributed by atoms with Crippen molar-refractivity contribution in [1.82, 2.24) is 0 Å². The van der Waals surface area contributed by atoms with Crippen molar-refractivity contribution in [2.45, 2.75) is 31.9 Å². The first kappa shape index (κ1) is 11.1. The van der Waals surface area contributed by atoms with Crippen LogP contribution in [0.25, 0.3) is 0 Å². The second-order valence-electron chi connectivity index (χ2n) is 5.13. The molecule has 3 heteroatoms. The molecule has 0 bridgehead atoms. The summed E-state index contributed by atoms with van der Waals surface area (Å²) in [6.07, 6.45) is 2.42. The van der Waals surface area contributed by atoms with Crippen molar-refractivity contribution in [3.05, 3.63) is 29.3 Å². The molecule has 0 aromatic heterocycles. The number of rotatable bonds is 2. The molecule has 3 unspecified atom stereocenters. The van der Waals surface area contributed by atoms with Crippen LogP contribution in [0, 0.1) is 5.92 Å². The van der Waals surface area contributed by atoms with E-state index in [1.165, 1.54) is 11.1 Å². The molecule has 2 aliphatic heterocycles. The minimum atomic E-state index is 0.0887. The summed E-state index contributed by atoms with van der Waals surface area (Å²) in [5.74, 6) is 1.47. The molecule has 2 N–H and O–H groups in total. The largest absolute Gasteiger partial charge is 0.493 e. The average Bonchev–Trinajstić information content (AvgIpc) is 2.95. The Balaban J connectivity index is 1.79. The van der Waals surface area contributed by atoms with Crippen molar-refractivity contribution in [1.29, 1.82) is 0 Å². The zero-order valence-corrected chi connectivity index (χ0v) is 10.2. The van der Waals surface area contributed by atoms with Crippen molar-refractivity contribution in [3.63, 3.8) is 0 Å². The van der Waals surface area contributed by atoms with Crippen LogP contribution in [0.3, 0.4) is 0 Å². The van der Waals surface area contributed by atoms with Gasteiger partial charge in [0.2, 0.25) is 0 Å². The molecule has 0 saturated carbocycles. The summed E-state index contributed by atoms with van der Waals surface area (Å²) >= 11 is 0. The number of ether oxygens (including phenoxy) is 2. The quantitative estimate of drug-likeness (QED) is 0.850. The Morgan fingerprint density at radius 3 is 3.06 bits per heavy atom. The molecule has 0 spiro atoms. The summed E-state index contributed by atoms with van der Waals surface area (Å²) in [5, 5.41) is 0. The van der Waals surface area contributed by atoms with E-state index in [0.29, 0.717) is 12.0 Å². The summed E-state index contributed by atoms with van der Waals surface area (Å²) in [6.45, 7) is 3.71. The van der Waals surface area contributed by atoms with Gasteiger partial charge < -0.3 is 15.2 Å². The zero-order chi connectivity index (χ0) is 11.8. The van der Waals surface area contributed by atoms with Crippen LogP contribution >= 0.6 is 0 Å². The molecular formula is C14H19NO2. The highest BCUT2D eigenvalue weighted by atomic mass is 16.5. The maximum Gasteiger partial charge on any atom is 0.122 e. The number of fused-ring (bicyclic) bond motifs is 1. The Bertz CT molecular complexity index is 419. The van der Waals surface area contributed by atoms with Gasteiger partial charge in [0.25, 0.3) is 0 Å². The molecule has 92 valence electrons. The van der Waals surface area contributed by atoms with Crippen molar-refractivity contribution < 1.29 is 9.47 Å². The minimum absolute atomic E-state index is 0.0887. The van der Waals surface area contributed by atoms with E-state index in [2.05, 4.69) is 25.1 Å². The molecule has 0 aliphatic carbocycles. The normalized spacial score (nSPS) is 28.8. The van der Waals surface area contributed by atoms with Crippen LogP contribution in [0.4, 0.5) is 0 Å². The second kappa shape index (κ2) is 4.31. The lowest BCUT2D eigenvalue weighted by Crippen LogP contribution is -2.21. The van der Waals surface area contributed by atoms with Gasteiger partial charge >= 0.3 is 0 Å². The van der Waals surface area contributed by atoms with Gasteiger partial charge in [-0.3, -0.25) is 0 Å². The molecule has 3 nitrogen and oxygen atoms in total. The Morgan fingerprint density at radius 2 is 2.29 bits per heavy atom. The molecule has 17 heavy (non-hydrogen) atoms. The molecule has 1 fully saturated rings. The summed E-state index contributed by atoms with van der Waals surface area (Å²) in [4.78, 5) is 0. The van der Waals surface area contributed by atoms with Gasteiger partial charge in [-0.25, -0.2) is 0 Å². The van der Waals surface area contributed by atoms with Gasteiger partial charge in [-0.15, -0.1) is 0 Å². The van der Waals surface area contributed by atoms with E-state index in [0.717, 1.165) is 31.8 Å². The molecule has 0 amide bonds. The number of nitrogens with two attached hydrogens (primary N) is 1. The first-order valence-electron chi connectivity index (χ1n) is 6.37. The van der Waals surface area contributed by atoms with Gasteiger partial charge in [0.1, 0.15) is 5.75 Å². The fraction of sp³-hybridized carbons (Fsp3) is 0.571. The van der Waals surface area contributed by atoms with Gasteiger partial charge in [-0.2, -0.15) is 0 Å². The SMILES string of the molecule is CC1CC(C(N)c2ccc3c(c2)CCO3)CO1. The lowest BCUT2D eigenvalue weighted by molar-refractivity contribution is 0.118. The maximum atomic E-state index is 6.34. The van der Waals surface area contributed by atoms with Crippen LogP contribution in [0.5, 0.6) is 5.75 Å². The highest BCUT2D eigenvalue weighted by Crippen LogP contribution is 2.33. The number of benzene rings is 1. The van der Waals surface area contributed by atoms with Crippen LogP contribution in [0.15, 0.2) is 18.2 Å². The molecule has 1 aromatic carbocycles. The molecule has 2 heterocycles. The maximum absolute atomic E-state index is 6.34. The van der Waals surface area contributed by atoms with Crippen molar-refractivity contribution in [2.24, 2.45) is 11.7 Å². The van der Waals surface area contributed by atoms with Crippen LogP contribution < -0.4 is 10.5 Å². The van der Waals surface area contributed by atoms with E-state index in [1.807, 2.05) is 0 Å². The van der Waals surface area contributed by atoms with Gasteiger partial charge in [0.15, 0.2) is 0 Å². The zero-order valence-electron chi connectivity index (χ0n) is 10.2. The first-order valence-corrected chi connectivity index (χ1v) is 6.37. The third-order valence-electron chi connectivity index (χ3n) is 3.84. The fourth-order valence-corrected chi connectivity index (χ4v) is 2.79. The summed E-state index contributed by atoms with van der Waals surface area (Å²) in [6, 6.07) is 6.44. The lowest BCUT2D eigenvalue weighted by atomic mass is 9.91. The van der Waals surface area contributed by atoms with Crippen LogP contribution in [0.1, 0.15) is 30.5 Å². The third kappa shape index (κ3) is 2.05. The molecule has 3 rings (SSSR count). The summed E-state index contributed by atoms with van der Waals surface area (Å²) in [7, 11) is 0. The average molecular weight is 233 g/mol. The number of hydrogen-bond acceptors (Lipinski definition) is 3. The summed E-state index contributed by atoms with van der Waals surface area (Å²) < 4.78 is 11.1. The molecule has 1 saturated heterocycles. The highest BCUT2D eigenvalue weighted by molar-refractivity contribution is 5.40. The van der Waals surface area contributed by atoms with E-state index in [1.54, 1.807) is 0 Å². The van der Waals surface area contributed by atoms with Crippen LogP contribution in [0.2, 0.25) is 0 Å². The van der Waals surface area contributed by atoms with E-state index >= 15 is 0 Å². The van der Waals surface area contributed by atoms with E-state index in [-0.39, 0.29) is 6.04 Å². The Morgan fingerprint density at radius 1 is 1.41 bits per heavy atom. The predicted molar refractivity (Wildman–Crippen MR) is 66.1 cm³/mol. The molecule has 0 radical (unpaired) electrons. The number of hydrogen-bond donors (Lipinski definition) is 1. The van der Waals surface area contributed by atoms with Crippen molar-refractivity contribution in [2.75, 3.05) is 13.2 Å². The van der Waals surface area contributed by atoms with Crippen molar-refractivity contribution >= 4 is 0 Å². The minimum Gasteiger partial charge on any atom is -0.493 e. The Hall–Kier alpha value is -1.06. The van der Waals surface area contributed by atoms with Gasteiger partial charge in [0.05, 0.1) is 19.3 Å². The molecule has 1 aromatic rings. The second-order valence-corrected chi connectivity index (χ2v) is 5.13. The Labute approximate surface area is 102 Å². The monoisotopic (exact) mass is 233 g/mol. The first-order chi connectivity index (χ1) is 8.24. The molecule has 2 aliphatic rings. The highest BCUT2D eigenvalue weighted by Gasteiger charge is 2.28. The van der Waals surface area contributed by atoms with E-state index in [9.17, 15) is 0 Å². The van der Waals surface area contributed by atoms with Gasteiger partial charge in [-0.05, 0) is 30.5 Å². The van der Waals surface area contributed by atoms with Crippen LogP contribution in [-0.2, 0) is 11.2 Å². The smallest absolute Gasteiger partial charge is 0.122 e. The predicted octanol–water partition coefficient (Wildman–Crippen LogP) is 2.05. The van der Waals surface area contributed by atoms with E-state index < -0.39 is 0 Å². The Kier molecular flexibility index (Phi) is 2.81. The van der Waals surface area contributed by atoms with E-state index in [4.69, 9.17) is 15.2 Å². The lowest BCUT2D eigenvalue weighted by Gasteiger charge is -2.18. The third-order valence-corrected chi connectivity index (χ3v) is 3.84. The standard InChI is InChI=1S/C14H19NO2/c1-9-6-12(8-17-9)14(15)11-2-3-13-10(7-11)4-5-16-13/h2-3,7,9,12,14H,4-6,8,15H2,1H3. The molecule has 3 atom stereocenters. The van der Waals surface area contributed by atoms with Gasteiger partial charge in [0, 0.05) is 18.4 Å². The van der Waals surface area contributed by atoms with Gasteiger partial charge in [-0.1, -0.05) is 12.1 Å². The topological polar surface area (TPSA) is 44.5 Å². The van der Waals surface area contributed by atoms with Crippen LogP contribution in [-0.4, -0.2) is 19.3 Å². The summed E-state index contributed by atoms with van der Waals surface area (Å²) in [5.41, 5.74) is 8.85. The molecular weight excluding hydrogens is 214 g/mol. The van der Waals surface area contributed by atoms with Crippen molar-refractivity contribution in [3.8, 4) is 5.75 Å².